The first-order valence-electron chi connectivity index (χ1n) is 46.5. The van der Waals surface area contributed by atoms with Gasteiger partial charge in [0.15, 0.2) is 0 Å². The van der Waals surface area contributed by atoms with Crippen LogP contribution in [-0.2, 0) is 21.1 Å². The number of nitrogens with one attached hydrogen (secondary N) is 3. The van der Waals surface area contributed by atoms with E-state index in [0.29, 0.717) is 80.1 Å². The van der Waals surface area contributed by atoms with Crippen molar-refractivity contribution in [1.82, 2.24) is 131 Å². The molecular weight excluding hydrogens is 1730 g/mol. The molecule has 22 heterocycles. The van der Waals surface area contributed by atoms with Gasteiger partial charge in [-0.05, 0) is 241 Å². The van der Waals surface area contributed by atoms with Crippen LogP contribution < -0.4 is 48.6 Å². The normalized spacial score (nSPS) is 15.7. The molecule has 2 saturated heterocycles. The molecule has 33 nitrogen and oxygen atoms in total. The highest BCUT2D eigenvalue weighted by Crippen LogP contribution is 2.33. The fraction of sp³-hybridized carbons (Fsp3) is 0.248. The summed E-state index contributed by atoms with van der Waals surface area (Å²) in [5.74, 6) is 0.514. The van der Waals surface area contributed by atoms with Crippen LogP contribution in [-0.4, -0.2) is 207 Å². The fourth-order valence-electron chi connectivity index (χ4n) is 18.7. The summed E-state index contributed by atoms with van der Waals surface area (Å²) in [6, 6.07) is 50.0. The van der Waals surface area contributed by atoms with Crippen molar-refractivity contribution in [2.45, 2.75) is 64.8 Å². The number of aromatic nitrogens is 22. The Labute approximate surface area is 790 Å². The number of piperazine rings is 1. The van der Waals surface area contributed by atoms with Crippen molar-refractivity contribution in [3.05, 3.63) is 336 Å². The monoisotopic (exact) mass is 1830 g/mol. The SMILES string of the molecule is CN1CC=C(c2ccc3nc(-c4ccc5nn(C)cc5c4)cc(=O)n3c2)CC1.CN1CCC(c2ccc3nc(-c4ccc5c(cnn5C)c4)cc(=O)n3c2)CC1.Cc1cn2nc(-c3cc(=O)n4cc(C5=CCNCC5)ccc4n3)cc2cn1.Cc1cn2nc(-c3cc(=O)n4cc(N5CCN[C@H](C)C5)ccc4n3)cc2cn1.Cn1cc2cc(-c3cc(=O)n4cc(C5=CCNCC5)ccc4n3)ccc2n1. The summed E-state index contributed by atoms with van der Waals surface area (Å²) in [4.78, 5) is 103. The van der Waals surface area contributed by atoms with Crippen LogP contribution in [0.15, 0.2) is 274 Å². The van der Waals surface area contributed by atoms with Gasteiger partial charge in [0.05, 0.1) is 104 Å². The Morgan fingerprint density at radius 1 is 0.370 bits per heavy atom. The molecule has 138 heavy (non-hydrogen) atoms. The van der Waals surface area contributed by atoms with Crippen molar-refractivity contribution >= 4 is 94.4 Å². The van der Waals surface area contributed by atoms with E-state index < -0.39 is 0 Å². The van der Waals surface area contributed by atoms with E-state index in [-0.39, 0.29) is 27.8 Å². The summed E-state index contributed by atoms with van der Waals surface area (Å²) in [6.07, 6.45) is 34.3. The van der Waals surface area contributed by atoms with Crippen molar-refractivity contribution in [2.24, 2.45) is 21.1 Å². The Hall–Kier alpha value is -16.1. The van der Waals surface area contributed by atoms with Crippen molar-refractivity contribution in [2.75, 3.05) is 91.0 Å². The molecule has 1 atom stereocenters. The number of rotatable bonds is 10. The zero-order valence-electron chi connectivity index (χ0n) is 77.9. The zero-order chi connectivity index (χ0) is 94.5. The minimum Gasteiger partial charge on any atom is -0.368 e. The van der Waals surface area contributed by atoms with Crippen LogP contribution in [0.5, 0.6) is 0 Å². The second kappa shape index (κ2) is 37.7. The predicted octanol–water partition coefficient (Wildman–Crippen LogP) is 12.2. The number of hydrogen-bond acceptors (Lipinski definition) is 23. The summed E-state index contributed by atoms with van der Waals surface area (Å²) in [5.41, 5.74) is 25.8. The average molecular weight is 1840 g/mol. The predicted molar refractivity (Wildman–Crippen MR) is 540 cm³/mol. The largest absolute Gasteiger partial charge is 0.368 e. The summed E-state index contributed by atoms with van der Waals surface area (Å²) >= 11 is 0. The molecule has 0 saturated carbocycles. The van der Waals surface area contributed by atoms with Crippen LogP contribution in [0.2, 0.25) is 0 Å². The van der Waals surface area contributed by atoms with Crippen LogP contribution in [0.3, 0.4) is 0 Å². The highest BCUT2D eigenvalue weighted by molar-refractivity contribution is 5.87. The van der Waals surface area contributed by atoms with Crippen molar-refractivity contribution in [1.29, 1.82) is 0 Å². The third-order valence-electron chi connectivity index (χ3n) is 26.2. The van der Waals surface area contributed by atoms with Crippen LogP contribution in [0.1, 0.15) is 78.6 Å². The van der Waals surface area contributed by atoms with E-state index in [1.54, 1.807) is 77.1 Å². The van der Waals surface area contributed by atoms with E-state index in [2.05, 4.69) is 127 Å². The summed E-state index contributed by atoms with van der Waals surface area (Å²) < 4.78 is 17.1. The third kappa shape index (κ3) is 18.7. The molecule has 692 valence electrons. The summed E-state index contributed by atoms with van der Waals surface area (Å²) in [5, 5.41) is 35.3. The zero-order valence-corrected chi connectivity index (χ0v) is 77.9. The molecule has 5 aliphatic rings. The number of nitrogens with zero attached hydrogens (tertiary/aromatic N) is 25. The molecule has 0 bridgehead atoms. The molecule has 3 N–H and O–H groups in total. The van der Waals surface area contributed by atoms with Gasteiger partial charge in [-0.3, -0.25) is 70.0 Å². The first-order chi connectivity index (χ1) is 67.0. The van der Waals surface area contributed by atoms with E-state index in [4.69, 9.17) is 15.0 Å². The van der Waals surface area contributed by atoms with E-state index in [9.17, 15) is 24.0 Å². The number of likely N-dealkylation sites (tertiary alicyclic amines) is 1. The highest BCUT2D eigenvalue weighted by atomic mass is 16.1. The quantitative estimate of drug-likeness (QED) is 0.114. The molecule has 17 aromatic heterocycles. The molecule has 0 radical (unpaired) electrons. The van der Waals surface area contributed by atoms with E-state index in [1.165, 1.54) is 28.3 Å². The Balaban J connectivity index is 0.000000103. The number of aryl methyl sites for hydroxylation is 5. The van der Waals surface area contributed by atoms with Crippen molar-refractivity contribution in [3.8, 4) is 56.5 Å². The van der Waals surface area contributed by atoms with Gasteiger partial charge in [0.25, 0.3) is 27.8 Å². The number of anilines is 1. The van der Waals surface area contributed by atoms with Gasteiger partial charge < -0.3 is 30.7 Å². The topological polar surface area (TPSA) is 331 Å². The van der Waals surface area contributed by atoms with Gasteiger partial charge in [-0.2, -0.15) is 25.5 Å². The molecule has 0 unspecified atom stereocenters. The van der Waals surface area contributed by atoms with E-state index in [0.717, 1.165) is 198 Å². The second-order valence-corrected chi connectivity index (χ2v) is 36.2. The first kappa shape index (κ1) is 88.5. The van der Waals surface area contributed by atoms with E-state index >= 15 is 0 Å². The average Bonchev–Trinajstić information content (AvgIpc) is 0.846. The Morgan fingerprint density at radius 3 is 1.29 bits per heavy atom. The maximum atomic E-state index is 12.8. The van der Waals surface area contributed by atoms with Gasteiger partial charge in [-0.15, -0.1) is 0 Å². The number of fused-ring (bicyclic) bond motifs is 10. The van der Waals surface area contributed by atoms with Gasteiger partial charge in [-0.1, -0.05) is 42.5 Å². The maximum absolute atomic E-state index is 12.8. The van der Waals surface area contributed by atoms with Gasteiger partial charge in [0.1, 0.15) is 39.6 Å². The Bertz CT molecular complexity index is 8490. The minimum absolute atomic E-state index is 0.0407. The van der Waals surface area contributed by atoms with Crippen molar-refractivity contribution < 1.29 is 0 Å². The molecule has 5 aliphatic heterocycles. The van der Waals surface area contributed by atoms with Gasteiger partial charge in [0, 0.05) is 180 Å². The van der Waals surface area contributed by atoms with Crippen LogP contribution >= 0.6 is 0 Å². The smallest absolute Gasteiger partial charge is 0.258 e. The lowest BCUT2D eigenvalue weighted by Gasteiger charge is -2.33. The van der Waals surface area contributed by atoms with E-state index in [1.807, 2.05) is 217 Å². The number of benzene rings is 3. The number of likely N-dealkylation sites (N-methyl/N-ethyl adjacent to an activating group) is 1. The molecule has 0 spiro atoms. The number of hydrogen-bond donors (Lipinski definition) is 3. The van der Waals surface area contributed by atoms with Gasteiger partial charge in [-0.25, -0.2) is 34.0 Å². The second-order valence-electron chi connectivity index (χ2n) is 36.2. The van der Waals surface area contributed by atoms with Gasteiger partial charge >= 0.3 is 0 Å². The molecule has 3 aromatic carbocycles. The minimum atomic E-state index is -0.114. The lowest BCUT2D eigenvalue weighted by atomic mass is 9.91. The lowest BCUT2D eigenvalue weighted by Crippen LogP contribution is -2.49. The molecule has 0 amide bonds. The lowest BCUT2D eigenvalue weighted by molar-refractivity contribution is 0.255. The molecule has 20 aromatic rings. The number of piperidine rings is 1. The third-order valence-corrected chi connectivity index (χ3v) is 26.2. The highest BCUT2D eigenvalue weighted by Gasteiger charge is 2.24. The molecule has 0 aliphatic carbocycles. The van der Waals surface area contributed by atoms with Gasteiger partial charge in [0.2, 0.25) is 0 Å². The molecule has 2 fully saturated rings. The molecule has 33 heteroatoms. The Morgan fingerprint density at radius 2 is 0.812 bits per heavy atom. The summed E-state index contributed by atoms with van der Waals surface area (Å²) in [7, 11) is 10.00. The fourth-order valence-corrected chi connectivity index (χ4v) is 18.7. The van der Waals surface area contributed by atoms with Crippen LogP contribution in [0, 0.1) is 13.8 Å². The summed E-state index contributed by atoms with van der Waals surface area (Å²) in [6.45, 7) is 16.6. The van der Waals surface area contributed by atoms with Crippen LogP contribution in [0.4, 0.5) is 5.69 Å². The standard InChI is InChI=1S/C22H23N5O.C22H21N5O.C21H19N5O.C20H21N7O.C20H18N6O/c1-25-9-7-15(8-10-25)17-4-6-21-24-19(12-22(28)27(21)14-17)16-3-5-20-18(11-16)13-23-26(20)2;1-25-9-7-15(8-10-25)17-4-6-21-23-20(12-22(28)27(21)14-17)16-3-5-19-18(11-16)13-26(2)24-19;1-25-12-17-10-15(2-4-18(17)24-25)19-11-21(27)26-13-16(3-5-20(26)23-19)14-6-8-22-9-7-14;1-13-10-25(6-5-21-13)15-3-4-19-23-17(8-20(28)26(19)12-15)18-7-16-9-22-14(2)11-27(16)24-18;1-13-11-26-16(10-22-13)8-18(24-26)17-9-20(27)25-12-15(2-3-19(25)23-17)14-4-6-21-7-5-14/h3-6,11-15H,7-10H2,1-2H3;3-7,11-14H,8-10H2,1-2H3;2-6,10-13,22H,7-9H2,1H3;3-4,7-9,11-13,21H,5-6,10H2,1-2H3;2-4,8-12,21H,5-7H2,1H3/t;;;13-;/m...1./s1. The molecule has 25 rings (SSSR count). The maximum Gasteiger partial charge on any atom is 0.258 e. The molecular formula is C105H102N28O5. The first-order valence-corrected chi connectivity index (χ1v) is 46.5. The number of pyridine rings is 5. The van der Waals surface area contributed by atoms with Crippen molar-refractivity contribution in [3.63, 3.8) is 0 Å². The Kier molecular flexibility index (Phi) is 24.2. The van der Waals surface area contributed by atoms with Crippen LogP contribution in [0.25, 0.3) is 145 Å².